The Morgan fingerprint density at radius 3 is 2.69 bits per heavy atom. The maximum absolute atomic E-state index is 10.7. The summed E-state index contributed by atoms with van der Waals surface area (Å²) in [5.74, 6) is -1.44. The minimum absolute atomic E-state index is 0.140. The van der Waals surface area contributed by atoms with E-state index in [-0.39, 0.29) is 11.8 Å². The molecule has 0 aromatic heterocycles. The molecule has 5 heteroatoms. The number of carboxylic acid groups (broad SMARTS) is 1. The van der Waals surface area contributed by atoms with Gasteiger partial charge < -0.3 is 15.7 Å². The molecule has 1 unspecified atom stereocenters. The predicted molar refractivity (Wildman–Crippen MR) is 45.7 cm³/mol. The number of nitrogens with two attached hydrogens (primary N) is 1. The van der Waals surface area contributed by atoms with Gasteiger partial charge in [0.25, 0.3) is 0 Å². The number of carbonyl (C=O) groups is 2. The average Bonchev–Trinajstić information content (AvgIpc) is 2.48. The van der Waals surface area contributed by atoms with Crippen LogP contribution in [0.25, 0.3) is 0 Å². The molecule has 1 heterocycles. The van der Waals surface area contributed by atoms with Gasteiger partial charge in [-0.3, -0.25) is 4.79 Å². The molecule has 13 heavy (non-hydrogen) atoms. The number of amides is 1. The van der Waals surface area contributed by atoms with Crippen molar-refractivity contribution in [2.75, 3.05) is 13.1 Å². The molecule has 1 atom stereocenters. The van der Waals surface area contributed by atoms with Crippen LogP contribution < -0.4 is 5.73 Å². The third-order valence-corrected chi connectivity index (χ3v) is 2.05. The van der Waals surface area contributed by atoms with E-state index in [2.05, 4.69) is 0 Å². The highest BCUT2D eigenvalue weighted by atomic mass is 16.4. The molecular weight excluding hydrogens is 172 g/mol. The molecule has 0 spiro atoms. The number of primary amides is 1. The molecular formula is C8H12N2O3. The summed E-state index contributed by atoms with van der Waals surface area (Å²) in [5.41, 5.74) is 5.11. The van der Waals surface area contributed by atoms with Crippen LogP contribution in [0.5, 0.6) is 0 Å². The number of carbonyl (C=O) groups excluding carboxylic acids is 1. The Morgan fingerprint density at radius 1 is 1.54 bits per heavy atom. The molecule has 3 N–H and O–H groups in total. The van der Waals surface area contributed by atoms with Crippen molar-refractivity contribution < 1.29 is 14.7 Å². The molecule has 0 radical (unpaired) electrons. The lowest BCUT2D eigenvalue weighted by Gasteiger charge is -2.10. The summed E-state index contributed by atoms with van der Waals surface area (Å²) in [7, 11) is 0. The Labute approximate surface area is 75.8 Å². The third-order valence-electron chi connectivity index (χ3n) is 2.05. The van der Waals surface area contributed by atoms with E-state index < -0.39 is 5.97 Å². The van der Waals surface area contributed by atoms with E-state index in [0.717, 1.165) is 6.08 Å². The second kappa shape index (κ2) is 3.93. The first-order chi connectivity index (χ1) is 6.09. The van der Waals surface area contributed by atoms with Crippen molar-refractivity contribution in [3.8, 4) is 0 Å². The van der Waals surface area contributed by atoms with Gasteiger partial charge in [0.05, 0.1) is 5.92 Å². The zero-order chi connectivity index (χ0) is 9.84. The molecule has 0 saturated carbocycles. The second-order valence-electron chi connectivity index (χ2n) is 3.04. The highest BCUT2D eigenvalue weighted by molar-refractivity contribution is 5.79. The number of hydrogen-bond acceptors (Lipinski definition) is 3. The fraction of sp³-hybridized carbons (Fsp3) is 0.500. The topological polar surface area (TPSA) is 83.6 Å². The number of nitrogens with zero attached hydrogens (tertiary/aromatic N) is 1. The summed E-state index contributed by atoms with van der Waals surface area (Å²) >= 11 is 0. The smallest absolute Gasteiger partial charge is 0.329 e. The molecule has 0 aromatic rings. The van der Waals surface area contributed by atoms with E-state index in [4.69, 9.17) is 10.8 Å². The highest BCUT2D eigenvalue weighted by Crippen LogP contribution is 2.15. The minimum atomic E-state index is -0.984. The molecule has 0 aromatic carbocycles. The van der Waals surface area contributed by atoms with Crippen LogP contribution >= 0.6 is 0 Å². The van der Waals surface area contributed by atoms with Crippen LogP contribution in [-0.4, -0.2) is 35.0 Å². The van der Waals surface area contributed by atoms with Crippen LogP contribution in [0.1, 0.15) is 6.42 Å². The second-order valence-corrected chi connectivity index (χ2v) is 3.04. The molecule has 1 saturated heterocycles. The Balaban J connectivity index is 2.41. The van der Waals surface area contributed by atoms with Gasteiger partial charge >= 0.3 is 5.97 Å². The van der Waals surface area contributed by atoms with Crippen molar-refractivity contribution in [3.63, 3.8) is 0 Å². The van der Waals surface area contributed by atoms with Crippen LogP contribution in [0, 0.1) is 5.92 Å². The molecule has 1 rings (SSSR count). The van der Waals surface area contributed by atoms with Crippen LogP contribution in [0.3, 0.4) is 0 Å². The summed E-state index contributed by atoms with van der Waals surface area (Å²) < 4.78 is 0. The quantitative estimate of drug-likeness (QED) is 0.573. The van der Waals surface area contributed by atoms with E-state index in [1.807, 2.05) is 0 Å². The van der Waals surface area contributed by atoms with Crippen molar-refractivity contribution in [2.45, 2.75) is 6.42 Å². The fourth-order valence-corrected chi connectivity index (χ4v) is 1.32. The van der Waals surface area contributed by atoms with Gasteiger partial charge in [0.2, 0.25) is 5.91 Å². The van der Waals surface area contributed by atoms with E-state index in [0.29, 0.717) is 19.5 Å². The molecule has 0 aliphatic carbocycles. The zero-order valence-electron chi connectivity index (χ0n) is 7.14. The summed E-state index contributed by atoms with van der Waals surface area (Å²) in [6.07, 6.45) is 3.24. The van der Waals surface area contributed by atoms with Gasteiger partial charge in [0, 0.05) is 25.4 Å². The van der Waals surface area contributed by atoms with Gasteiger partial charge in [-0.25, -0.2) is 4.79 Å². The first-order valence-electron chi connectivity index (χ1n) is 4.04. The zero-order valence-corrected chi connectivity index (χ0v) is 7.14. The number of aliphatic carboxylic acids is 1. The first kappa shape index (κ1) is 9.57. The van der Waals surface area contributed by atoms with Crippen LogP contribution in [-0.2, 0) is 9.59 Å². The van der Waals surface area contributed by atoms with Crippen molar-refractivity contribution in [3.05, 3.63) is 12.3 Å². The molecule has 1 aliphatic heterocycles. The standard InChI is InChI=1S/C8H12N2O3/c9-8(13)6-1-3-10(5-6)4-2-7(11)12/h2,4,6H,1,3,5H2,(H2,9,13)(H,11,12)/b4-2+. The average molecular weight is 184 g/mol. The Morgan fingerprint density at radius 2 is 2.23 bits per heavy atom. The lowest BCUT2D eigenvalue weighted by Crippen LogP contribution is -2.25. The molecule has 1 aliphatic rings. The third kappa shape index (κ3) is 2.77. The molecule has 1 fully saturated rings. The molecule has 1 amide bonds. The highest BCUT2D eigenvalue weighted by Gasteiger charge is 2.24. The Hall–Kier alpha value is -1.52. The molecule has 72 valence electrons. The fourth-order valence-electron chi connectivity index (χ4n) is 1.32. The summed E-state index contributed by atoms with van der Waals surface area (Å²) in [4.78, 5) is 22.7. The molecule has 0 bridgehead atoms. The maximum atomic E-state index is 10.7. The first-order valence-corrected chi connectivity index (χ1v) is 4.04. The summed E-state index contributed by atoms with van der Waals surface area (Å²) in [5, 5.41) is 8.34. The lowest BCUT2D eigenvalue weighted by atomic mass is 10.1. The van der Waals surface area contributed by atoms with E-state index in [1.165, 1.54) is 6.20 Å². The van der Waals surface area contributed by atoms with E-state index in [9.17, 15) is 9.59 Å². The monoisotopic (exact) mass is 184 g/mol. The van der Waals surface area contributed by atoms with Gasteiger partial charge in [-0.05, 0) is 6.42 Å². The van der Waals surface area contributed by atoms with Gasteiger partial charge in [0.15, 0.2) is 0 Å². The molecule has 5 nitrogen and oxygen atoms in total. The predicted octanol–water partition coefficient (Wildman–Crippen LogP) is -0.608. The largest absolute Gasteiger partial charge is 0.478 e. The van der Waals surface area contributed by atoms with Crippen LogP contribution in [0.2, 0.25) is 0 Å². The van der Waals surface area contributed by atoms with Crippen molar-refractivity contribution in [1.82, 2.24) is 4.90 Å². The van der Waals surface area contributed by atoms with Crippen LogP contribution in [0.4, 0.5) is 0 Å². The van der Waals surface area contributed by atoms with Crippen molar-refractivity contribution in [2.24, 2.45) is 11.7 Å². The van der Waals surface area contributed by atoms with Gasteiger partial charge in [-0.15, -0.1) is 0 Å². The number of rotatable bonds is 3. The number of carboxylic acids is 1. The Kier molecular flexibility index (Phi) is 2.89. The number of hydrogen-bond donors (Lipinski definition) is 2. The normalized spacial score (nSPS) is 22.5. The van der Waals surface area contributed by atoms with Crippen molar-refractivity contribution in [1.29, 1.82) is 0 Å². The number of likely N-dealkylation sites (tertiary alicyclic amines) is 1. The van der Waals surface area contributed by atoms with Gasteiger partial charge in [0.1, 0.15) is 0 Å². The van der Waals surface area contributed by atoms with Crippen LogP contribution in [0.15, 0.2) is 12.3 Å². The lowest BCUT2D eigenvalue weighted by molar-refractivity contribution is -0.131. The maximum Gasteiger partial charge on any atom is 0.329 e. The van der Waals surface area contributed by atoms with E-state index in [1.54, 1.807) is 4.90 Å². The van der Waals surface area contributed by atoms with Gasteiger partial charge in [-0.1, -0.05) is 0 Å². The minimum Gasteiger partial charge on any atom is -0.478 e. The van der Waals surface area contributed by atoms with Gasteiger partial charge in [-0.2, -0.15) is 0 Å². The van der Waals surface area contributed by atoms with E-state index >= 15 is 0 Å². The summed E-state index contributed by atoms with van der Waals surface area (Å²) in [6.45, 7) is 1.22. The van der Waals surface area contributed by atoms with Crippen molar-refractivity contribution >= 4 is 11.9 Å². The Bertz CT molecular complexity index is 250. The SMILES string of the molecule is NC(=O)C1CCN(/C=C/C(=O)O)C1. The summed E-state index contributed by atoms with van der Waals surface area (Å²) in [6, 6.07) is 0.